The minimum atomic E-state index is 0.311. The summed E-state index contributed by atoms with van der Waals surface area (Å²) < 4.78 is 24.7. The zero-order valence-electron chi connectivity index (χ0n) is 19.6. The summed E-state index contributed by atoms with van der Waals surface area (Å²) in [6.45, 7) is 0.311. The zero-order chi connectivity index (χ0) is 25.5. The number of hydrogen-bond acceptors (Lipinski definition) is 8. The summed E-state index contributed by atoms with van der Waals surface area (Å²) in [6, 6.07) is 15.1. The molecule has 4 heterocycles. The van der Waals surface area contributed by atoms with Crippen LogP contribution in [-0.4, -0.2) is 33.8 Å². The Morgan fingerprint density at radius 2 is 1.95 bits per heavy atom. The van der Waals surface area contributed by atoms with Gasteiger partial charge in [-0.25, -0.2) is 9.50 Å². The molecule has 6 rings (SSSR count). The van der Waals surface area contributed by atoms with Crippen molar-refractivity contribution in [3.8, 4) is 39.4 Å². The fourth-order valence-electron chi connectivity index (χ4n) is 3.93. The molecule has 0 bridgehead atoms. The van der Waals surface area contributed by atoms with Gasteiger partial charge in [0.2, 0.25) is 4.96 Å². The molecule has 6 aromatic rings. The van der Waals surface area contributed by atoms with Gasteiger partial charge in [-0.1, -0.05) is 41.4 Å². The smallest absolute Gasteiger partial charge is 0.294 e. The lowest BCUT2D eigenvalue weighted by Gasteiger charge is -2.11. The van der Waals surface area contributed by atoms with Gasteiger partial charge in [0, 0.05) is 23.9 Å². The van der Waals surface area contributed by atoms with E-state index in [9.17, 15) is 0 Å². The molecule has 0 unspecified atom stereocenters. The van der Waals surface area contributed by atoms with Gasteiger partial charge in [0.25, 0.3) is 5.19 Å². The quantitative estimate of drug-likeness (QED) is 0.207. The van der Waals surface area contributed by atoms with Crippen molar-refractivity contribution in [2.24, 2.45) is 0 Å². The lowest BCUT2D eigenvalue weighted by atomic mass is 10.1. The number of ether oxygens (including phenoxy) is 3. The van der Waals surface area contributed by atoms with Crippen LogP contribution in [0.1, 0.15) is 5.56 Å². The van der Waals surface area contributed by atoms with Crippen LogP contribution in [0, 0.1) is 0 Å². The van der Waals surface area contributed by atoms with Crippen LogP contribution in [0.2, 0.25) is 10.0 Å². The number of fused-ring (bicyclic) bond motifs is 2. The monoisotopic (exact) mass is 552 g/mol. The van der Waals surface area contributed by atoms with Crippen LogP contribution in [0.3, 0.4) is 0 Å². The van der Waals surface area contributed by atoms with Crippen molar-refractivity contribution in [1.82, 2.24) is 19.6 Å². The van der Waals surface area contributed by atoms with Crippen molar-refractivity contribution in [3.05, 3.63) is 76.5 Å². The van der Waals surface area contributed by atoms with Crippen LogP contribution < -0.4 is 14.2 Å². The fraction of sp³-hybridized carbons (Fsp3) is 0.115. The summed E-state index contributed by atoms with van der Waals surface area (Å²) in [5.74, 6) is 1.83. The van der Waals surface area contributed by atoms with Crippen molar-refractivity contribution in [2.45, 2.75) is 6.61 Å². The zero-order valence-corrected chi connectivity index (χ0v) is 21.9. The topological polar surface area (TPSA) is 83.9 Å². The highest BCUT2D eigenvalue weighted by Gasteiger charge is 2.17. The van der Waals surface area contributed by atoms with Gasteiger partial charge in [-0.2, -0.15) is 0 Å². The average molecular weight is 553 g/mol. The summed E-state index contributed by atoms with van der Waals surface area (Å²) in [4.78, 5) is 9.69. The molecule has 4 aromatic heterocycles. The first-order chi connectivity index (χ1) is 18.0. The molecule has 0 atom stereocenters. The summed E-state index contributed by atoms with van der Waals surface area (Å²) in [5, 5.41) is 6.64. The molecule has 0 saturated heterocycles. The predicted molar refractivity (Wildman–Crippen MR) is 143 cm³/mol. The number of rotatable bonds is 7. The Kier molecular flexibility index (Phi) is 6.11. The molecule has 0 aliphatic heterocycles. The summed E-state index contributed by atoms with van der Waals surface area (Å²) in [7, 11) is 3.18. The Morgan fingerprint density at radius 1 is 1.05 bits per heavy atom. The molecular formula is C26H18Cl2N4O4S. The van der Waals surface area contributed by atoms with Gasteiger partial charge >= 0.3 is 0 Å². The number of furan rings is 1. The first-order valence-electron chi connectivity index (χ1n) is 11.1. The first kappa shape index (κ1) is 23.6. The van der Waals surface area contributed by atoms with Gasteiger partial charge in [0.15, 0.2) is 5.76 Å². The minimum absolute atomic E-state index is 0.311. The minimum Gasteiger partial charge on any atom is -0.496 e. The van der Waals surface area contributed by atoms with Crippen LogP contribution in [0.15, 0.2) is 65.3 Å². The predicted octanol–water partition coefficient (Wildman–Crippen LogP) is 7.17. The van der Waals surface area contributed by atoms with E-state index >= 15 is 0 Å². The van der Waals surface area contributed by atoms with E-state index < -0.39 is 0 Å². The average Bonchev–Trinajstić information content (AvgIpc) is 3.60. The third-order valence-electron chi connectivity index (χ3n) is 5.66. The van der Waals surface area contributed by atoms with Crippen LogP contribution in [0.4, 0.5) is 0 Å². The molecule has 0 fully saturated rings. The maximum atomic E-state index is 6.36. The van der Waals surface area contributed by atoms with Crippen LogP contribution in [0.5, 0.6) is 16.7 Å². The molecule has 8 nitrogen and oxygen atoms in total. The van der Waals surface area contributed by atoms with Crippen molar-refractivity contribution in [3.63, 3.8) is 0 Å². The van der Waals surface area contributed by atoms with E-state index in [1.54, 1.807) is 37.2 Å². The number of imidazole rings is 1. The molecule has 37 heavy (non-hydrogen) atoms. The molecule has 0 aliphatic rings. The van der Waals surface area contributed by atoms with Crippen molar-refractivity contribution in [1.29, 1.82) is 0 Å². The van der Waals surface area contributed by atoms with Gasteiger partial charge in [-0.05, 0) is 35.1 Å². The molecule has 0 radical (unpaired) electrons. The first-order valence-corrected chi connectivity index (χ1v) is 12.6. The number of benzene rings is 2. The molecule has 0 N–H and O–H groups in total. The van der Waals surface area contributed by atoms with Crippen LogP contribution >= 0.6 is 34.5 Å². The van der Waals surface area contributed by atoms with Gasteiger partial charge < -0.3 is 18.6 Å². The second-order valence-corrected chi connectivity index (χ2v) is 9.81. The van der Waals surface area contributed by atoms with E-state index in [0.29, 0.717) is 61.0 Å². The normalized spacial score (nSPS) is 11.4. The largest absolute Gasteiger partial charge is 0.496 e. The van der Waals surface area contributed by atoms with E-state index in [1.165, 1.54) is 11.3 Å². The molecular weight excluding hydrogens is 535 g/mol. The maximum Gasteiger partial charge on any atom is 0.294 e. The number of halogens is 2. The molecule has 0 amide bonds. The van der Waals surface area contributed by atoms with E-state index in [0.717, 1.165) is 16.5 Å². The third-order valence-corrected chi connectivity index (χ3v) is 7.04. The highest BCUT2D eigenvalue weighted by molar-refractivity contribution is 7.18. The molecule has 11 heteroatoms. The Bertz CT molecular complexity index is 1730. The Balaban J connectivity index is 1.30. The van der Waals surface area contributed by atoms with Crippen LogP contribution in [-0.2, 0) is 6.61 Å². The van der Waals surface area contributed by atoms with Gasteiger partial charge in [-0.15, -0.1) is 5.10 Å². The van der Waals surface area contributed by atoms with Crippen LogP contribution in [0.25, 0.3) is 38.6 Å². The SMILES string of the molecule is COc1cc(OCc2cccc(-c3ncc(Cl)cc3Cl)c2)c2cc(-c3cn4nc(OC)sc4n3)oc2c1. The second-order valence-electron chi connectivity index (χ2n) is 8.05. The Hall–Kier alpha value is -3.79. The molecule has 0 spiro atoms. The molecule has 0 saturated carbocycles. The number of methoxy groups -OCH3 is 2. The van der Waals surface area contributed by atoms with Crippen molar-refractivity contribution >= 4 is 50.5 Å². The van der Waals surface area contributed by atoms with E-state index in [-0.39, 0.29) is 0 Å². The van der Waals surface area contributed by atoms with Gasteiger partial charge in [0.05, 0.1) is 41.5 Å². The van der Waals surface area contributed by atoms with Gasteiger partial charge in [0.1, 0.15) is 29.4 Å². The van der Waals surface area contributed by atoms with E-state index in [1.807, 2.05) is 42.5 Å². The molecule has 0 aliphatic carbocycles. The highest BCUT2D eigenvalue weighted by Crippen LogP contribution is 2.38. The number of aromatic nitrogens is 4. The molecule has 186 valence electrons. The highest BCUT2D eigenvalue weighted by atomic mass is 35.5. The van der Waals surface area contributed by atoms with Crippen molar-refractivity contribution in [2.75, 3.05) is 14.2 Å². The van der Waals surface area contributed by atoms with E-state index in [4.69, 9.17) is 41.8 Å². The summed E-state index contributed by atoms with van der Waals surface area (Å²) in [6.07, 6.45) is 3.37. The van der Waals surface area contributed by atoms with Crippen molar-refractivity contribution < 1.29 is 18.6 Å². The standard InChI is InChI=1S/C26H18Cl2N4O4S/c1-33-17-8-21(35-13-14-4-3-5-15(6-14)24-19(28)7-16(27)11-29-24)18-10-23(36-22(18)9-17)20-12-32-25(30-20)37-26(31-32)34-2/h3-12H,13H2,1-2H3. The lowest BCUT2D eigenvalue weighted by Crippen LogP contribution is -1.97. The maximum absolute atomic E-state index is 6.36. The lowest BCUT2D eigenvalue weighted by molar-refractivity contribution is 0.307. The number of hydrogen-bond donors (Lipinski definition) is 0. The second kappa shape index (κ2) is 9.59. The third kappa shape index (κ3) is 4.57. The number of pyridine rings is 1. The Morgan fingerprint density at radius 3 is 2.73 bits per heavy atom. The Labute approximate surface area is 225 Å². The number of nitrogens with zero attached hydrogens (tertiary/aromatic N) is 4. The fourth-order valence-corrected chi connectivity index (χ4v) is 5.11. The van der Waals surface area contributed by atoms with Gasteiger partial charge in [-0.3, -0.25) is 4.98 Å². The summed E-state index contributed by atoms with van der Waals surface area (Å²) >= 11 is 13.7. The summed E-state index contributed by atoms with van der Waals surface area (Å²) in [5.41, 5.74) is 3.75. The van der Waals surface area contributed by atoms with E-state index in [2.05, 4.69) is 15.1 Å². The molecule has 2 aromatic carbocycles.